The average molecular weight is 497 g/mol. The van der Waals surface area contributed by atoms with Crippen molar-refractivity contribution < 1.29 is 27.5 Å². The van der Waals surface area contributed by atoms with E-state index < -0.39 is 15.6 Å². The van der Waals surface area contributed by atoms with Gasteiger partial charge in [0.1, 0.15) is 16.2 Å². The van der Waals surface area contributed by atoms with E-state index in [-0.39, 0.29) is 28.2 Å². The van der Waals surface area contributed by atoms with Crippen molar-refractivity contribution in [2.45, 2.75) is 44.1 Å². The van der Waals surface area contributed by atoms with Crippen LogP contribution in [0.3, 0.4) is 0 Å². The van der Waals surface area contributed by atoms with Crippen molar-refractivity contribution in [3.05, 3.63) is 23.8 Å². The molecule has 2 aliphatic heterocycles. The molecule has 11 heteroatoms. The van der Waals surface area contributed by atoms with Gasteiger partial charge in [-0.2, -0.15) is 4.31 Å². The zero-order chi connectivity index (χ0) is 24.9. The van der Waals surface area contributed by atoms with Crippen LogP contribution in [0.25, 0.3) is 0 Å². The van der Waals surface area contributed by atoms with Crippen molar-refractivity contribution in [3.8, 4) is 5.75 Å². The summed E-state index contributed by atoms with van der Waals surface area (Å²) < 4.78 is 38.2. The summed E-state index contributed by atoms with van der Waals surface area (Å²) in [5.41, 5.74) is -0.249. The standard InChI is InChI=1S/C23H36N4O6S/c1-23(2,3)33-22(29)26-15-13-25(14-16-26)12-9-24-21(28)18-7-8-19(32-4)20(17-18)34(30,31)27-10-5-6-11-27/h7-8,17H,5-6,9-16H2,1-4H3,(H,24,28). The molecule has 0 radical (unpaired) electrons. The lowest BCUT2D eigenvalue weighted by Crippen LogP contribution is -2.51. The Morgan fingerprint density at radius 2 is 1.68 bits per heavy atom. The molecule has 1 aromatic carbocycles. The highest BCUT2D eigenvalue weighted by Crippen LogP contribution is 2.29. The monoisotopic (exact) mass is 496 g/mol. The number of amides is 2. The van der Waals surface area contributed by atoms with Crippen LogP contribution in [0.4, 0.5) is 4.79 Å². The Bertz CT molecular complexity index is 978. The molecule has 3 rings (SSSR count). The molecular formula is C23H36N4O6S. The van der Waals surface area contributed by atoms with Crippen LogP contribution in [0, 0.1) is 0 Å². The fraction of sp³-hybridized carbons (Fsp3) is 0.652. The summed E-state index contributed by atoms with van der Waals surface area (Å²) in [6.07, 6.45) is 1.35. The summed E-state index contributed by atoms with van der Waals surface area (Å²) in [6.45, 7) is 10.0. The van der Waals surface area contributed by atoms with Gasteiger partial charge in [0.05, 0.1) is 7.11 Å². The van der Waals surface area contributed by atoms with E-state index in [0.717, 1.165) is 12.8 Å². The van der Waals surface area contributed by atoms with Gasteiger partial charge in [-0.3, -0.25) is 9.69 Å². The Morgan fingerprint density at radius 3 is 2.26 bits per heavy atom. The van der Waals surface area contributed by atoms with Crippen LogP contribution in [0.1, 0.15) is 44.0 Å². The minimum absolute atomic E-state index is 0.0165. The fourth-order valence-electron chi connectivity index (χ4n) is 4.00. The first kappa shape index (κ1) is 26.2. The highest BCUT2D eigenvalue weighted by Gasteiger charge is 2.31. The third-order valence-electron chi connectivity index (χ3n) is 5.85. The number of carbonyl (C=O) groups is 2. The van der Waals surface area contributed by atoms with Crippen LogP contribution in [-0.4, -0.2) is 99.6 Å². The molecule has 10 nitrogen and oxygen atoms in total. The maximum atomic E-state index is 13.0. The molecule has 0 unspecified atom stereocenters. The van der Waals surface area contributed by atoms with Crippen LogP contribution in [-0.2, 0) is 14.8 Å². The average Bonchev–Trinajstić information content (AvgIpc) is 3.34. The number of methoxy groups -OCH3 is 1. The molecule has 1 N–H and O–H groups in total. The van der Waals surface area contributed by atoms with Gasteiger partial charge in [0.2, 0.25) is 10.0 Å². The molecule has 0 spiro atoms. The zero-order valence-corrected chi connectivity index (χ0v) is 21.3. The van der Waals surface area contributed by atoms with Crippen molar-refractivity contribution in [3.63, 3.8) is 0 Å². The van der Waals surface area contributed by atoms with Gasteiger partial charge in [-0.05, 0) is 51.8 Å². The number of rotatable bonds is 7. The van der Waals surface area contributed by atoms with Gasteiger partial charge in [0.15, 0.2) is 0 Å². The summed E-state index contributed by atoms with van der Waals surface area (Å²) in [5.74, 6) is -0.112. The second-order valence-electron chi connectivity index (χ2n) is 9.54. The van der Waals surface area contributed by atoms with E-state index in [2.05, 4.69) is 10.2 Å². The Balaban J connectivity index is 1.52. The number of carbonyl (C=O) groups excluding carboxylic acids is 2. The maximum absolute atomic E-state index is 13.0. The van der Waals surface area contributed by atoms with E-state index in [0.29, 0.717) is 52.4 Å². The van der Waals surface area contributed by atoms with Crippen LogP contribution >= 0.6 is 0 Å². The topological polar surface area (TPSA) is 108 Å². The number of piperazine rings is 1. The second-order valence-corrected chi connectivity index (χ2v) is 11.4. The first-order valence-electron chi connectivity index (χ1n) is 11.7. The van der Waals surface area contributed by atoms with Crippen molar-refractivity contribution >= 4 is 22.0 Å². The third-order valence-corrected chi connectivity index (χ3v) is 7.77. The quantitative estimate of drug-likeness (QED) is 0.613. The van der Waals surface area contributed by atoms with E-state index in [4.69, 9.17) is 9.47 Å². The van der Waals surface area contributed by atoms with Crippen LogP contribution in [0.15, 0.2) is 23.1 Å². The van der Waals surface area contributed by atoms with Gasteiger partial charge >= 0.3 is 6.09 Å². The van der Waals surface area contributed by atoms with Crippen molar-refractivity contribution in [1.82, 2.24) is 19.4 Å². The predicted octanol–water partition coefficient (Wildman–Crippen LogP) is 1.76. The molecule has 0 aliphatic carbocycles. The molecule has 190 valence electrons. The maximum Gasteiger partial charge on any atom is 0.410 e. The Hall–Kier alpha value is -2.37. The zero-order valence-electron chi connectivity index (χ0n) is 20.5. The van der Waals surface area contributed by atoms with Gasteiger partial charge < -0.3 is 19.7 Å². The van der Waals surface area contributed by atoms with E-state index in [1.807, 2.05) is 20.8 Å². The second kappa shape index (κ2) is 10.9. The first-order chi connectivity index (χ1) is 16.0. The van der Waals surface area contributed by atoms with Gasteiger partial charge in [-0.25, -0.2) is 13.2 Å². The Morgan fingerprint density at radius 1 is 1.03 bits per heavy atom. The molecule has 0 aromatic heterocycles. The molecular weight excluding hydrogens is 460 g/mol. The Kier molecular flexibility index (Phi) is 8.43. The van der Waals surface area contributed by atoms with Gasteiger partial charge in [-0.15, -0.1) is 0 Å². The molecule has 2 amide bonds. The highest BCUT2D eigenvalue weighted by molar-refractivity contribution is 7.89. The van der Waals surface area contributed by atoms with E-state index in [9.17, 15) is 18.0 Å². The number of nitrogens with one attached hydrogen (secondary N) is 1. The molecule has 0 atom stereocenters. The molecule has 34 heavy (non-hydrogen) atoms. The normalized spacial score (nSPS) is 18.1. The Labute approximate surface area is 202 Å². The number of hydrogen-bond donors (Lipinski definition) is 1. The summed E-state index contributed by atoms with van der Waals surface area (Å²) in [4.78, 5) is 28.8. The van der Waals surface area contributed by atoms with Crippen molar-refractivity contribution in [1.29, 1.82) is 0 Å². The predicted molar refractivity (Wildman–Crippen MR) is 128 cm³/mol. The first-order valence-corrected chi connectivity index (χ1v) is 13.1. The lowest BCUT2D eigenvalue weighted by atomic mass is 10.2. The number of nitrogens with zero attached hydrogens (tertiary/aromatic N) is 3. The molecule has 1 aromatic rings. The van der Waals surface area contributed by atoms with Gasteiger partial charge in [0.25, 0.3) is 5.91 Å². The minimum atomic E-state index is -3.72. The van der Waals surface area contributed by atoms with Gasteiger partial charge in [0, 0.05) is 57.9 Å². The number of hydrogen-bond acceptors (Lipinski definition) is 7. The number of benzene rings is 1. The fourth-order valence-corrected chi connectivity index (χ4v) is 5.70. The molecule has 2 aliphatic rings. The molecule has 2 saturated heterocycles. The van der Waals surface area contributed by atoms with E-state index >= 15 is 0 Å². The summed E-state index contributed by atoms with van der Waals surface area (Å²) >= 11 is 0. The SMILES string of the molecule is COc1ccc(C(=O)NCCN2CCN(C(=O)OC(C)(C)C)CC2)cc1S(=O)(=O)N1CCCC1. The largest absolute Gasteiger partial charge is 0.495 e. The molecule has 2 heterocycles. The minimum Gasteiger partial charge on any atom is -0.495 e. The van der Waals surface area contributed by atoms with Crippen LogP contribution < -0.4 is 10.1 Å². The van der Waals surface area contributed by atoms with Crippen LogP contribution in [0.2, 0.25) is 0 Å². The van der Waals surface area contributed by atoms with Crippen molar-refractivity contribution in [2.24, 2.45) is 0 Å². The lowest BCUT2D eigenvalue weighted by Gasteiger charge is -2.35. The molecule has 2 fully saturated rings. The van der Waals surface area contributed by atoms with E-state index in [1.165, 1.54) is 23.5 Å². The van der Waals surface area contributed by atoms with Crippen LogP contribution in [0.5, 0.6) is 5.75 Å². The third kappa shape index (κ3) is 6.61. The summed E-state index contributed by atoms with van der Waals surface area (Å²) in [5, 5.41) is 2.86. The lowest BCUT2D eigenvalue weighted by molar-refractivity contribution is 0.0147. The van der Waals surface area contributed by atoms with Gasteiger partial charge in [-0.1, -0.05) is 0 Å². The van der Waals surface area contributed by atoms with Crippen molar-refractivity contribution in [2.75, 3.05) is 59.5 Å². The highest BCUT2D eigenvalue weighted by atomic mass is 32.2. The number of sulfonamides is 1. The number of ether oxygens (including phenoxy) is 2. The summed E-state index contributed by atoms with van der Waals surface area (Å²) in [6, 6.07) is 4.48. The van der Waals surface area contributed by atoms with E-state index in [1.54, 1.807) is 11.0 Å². The molecule has 0 bridgehead atoms. The summed E-state index contributed by atoms with van der Waals surface area (Å²) in [7, 11) is -2.30. The smallest absolute Gasteiger partial charge is 0.410 e. The molecule has 0 saturated carbocycles.